The van der Waals surface area contributed by atoms with Crippen molar-refractivity contribution >= 4 is 35.3 Å². The van der Waals surface area contributed by atoms with Crippen molar-refractivity contribution in [1.29, 1.82) is 0 Å². The van der Waals surface area contributed by atoms with E-state index in [1.54, 1.807) is 13.8 Å². The maximum absolute atomic E-state index is 13.8. The second-order valence-corrected chi connectivity index (χ2v) is 11.6. The van der Waals surface area contributed by atoms with Gasteiger partial charge >= 0.3 is 12.2 Å². The molecule has 4 amide bonds. The van der Waals surface area contributed by atoms with Crippen LogP contribution < -0.4 is 26.6 Å². The number of nitrogens with zero attached hydrogens (tertiary/aromatic N) is 1. The number of anilines is 1. The zero-order valence-electron chi connectivity index (χ0n) is 24.0. The van der Waals surface area contributed by atoms with Crippen LogP contribution in [0.1, 0.15) is 30.5 Å². The lowest BCUT2D eigenvalue weighted by molar-refractivity contribution is -0.137. The first-order valence-electron chi connectivity index (χ1n) is 13.7. The summed E-state index contributed by atoms with van der Waals surface area (Å²) < 4.78 is 40.6. The van der Waals surface area contributed by atoms with Crippen molar-refractivity contribution in [2.24, 2.45) is 11.7 Å². The largest absolute Gasteiger partial charge is 0.416 e. The molecule has 43 heavy (non-hydrogen) atoms. The van der Waals surface area contributed by atoms with Crippen LogP contribution in [0.4, 0.5) is 23.7 Å². The third kappa shape index (κ3) is 7.68. The van der Waals surface area contributed by atoms with Crippen LogP contribution >= 0.6 is 11.8 Å². The molecule has 0 fully saturated rings. The number of amides is 4. The molecule has 2 atom stereocenters. The highest BCUT2D eigenvalue weighted by Crippen LogP contribution is 2.40. The Labute approximate surface area is 252 Å². The molecule has 1 unspecified atom stereocenters. The van der Waals surface area contributed by atoms with Gasteiger partial charge in [0.2, 0.25) is 5.91 Å². The van der Waals surface area contributed by atoms with Gasteiger partial charge in [0.1, 0.15) is 6.04 Å². The lowest BCUT2D eigenvalue weighted by atomic mass is 9.98. The number of nitrogens with two attached hydrogens (primary N) is 1. The fourth-order valence-electron chi connectivity index (χ4n) is 4.61. The van der Waals surface area contributed by atoms with Gasteiger partial charge in [-0.15, -0.1) is 11.8 Å². The van der Waals surface area contributed by atoms with Gasteiger partial charge in [-0.05, 0) is 46.4 Å². The van der Waals surface area contributed by atoms with Gasteiger partial charge in [-0.1, -0.05) is 62.4 Å². The Balaban J connectivity index is 1.63. The van der Waals surface area contributed by atoms with Crippen molar-refractivity contribution < 1.29 is 27.6 Å². The number of benzene rings is 3. The molecule has 3 aromatic rings. The predicted octanol–water partition coefficient (Wildman–Crippen LogP) is 4.91. The second-order valence-electron chi connectivity index (χ2n) is 10.5. The number of alkyl halides is 3. The van der Waals surface area contributed by atoms with E-state index in [0.29, 0.717) is 17.1 Å². The molecule has 1 heterocycles. The van der Waals surface area contributed by atoms with Gasteiger partial charge in [0.25, 0.3) is 5.91 Å². The monoisotopic (exact) mass is 613 g/mol. The molecule has 4 rings (SSSR count). The molecule has 0 radical (unpaired) electrons. The number of nitrogens with one attached hydrogen (secondary N) is 3. The summed E-state index contributed by atoms with van der Waals surface area (Å²) in [6.45, 7) is 3.97. The zero-order chi connectivity index (χ0) is 31.3. The molecule has 0 saturated heterocycles. The highest BCUT2D eigenvalue weighted by molar-refractivity contribution is 7.99. The number of carbonyl (C=O) groups is 3. The van der Waals surface area contributed by atoms with Gasteiger partial charge in [0.05, 0.1) is 23.8 Å². The molecular formula is C31H34F3N5O3S. The van der Waals surface area contributed by atoms with Crippen molar-refractivity contribution in [3.05, 3.63) is 83.4 Å². The minimum atomic E-state index is -4.55. The summed E-state index contributed by atoms with van der Waals surface area (Å²) in [5.41, 5.74) is 8.96. The SMILES string of the molecule is CNC(=O)NCc1ccccc1-c1ccc(CN2C(=O)[C@H](NC(=O)C(N)C(C)C)CSc3cc(C(F)(F)F)ccc32)cc1. The van der Waals surface area contributed by atoms with Gasteiger partial charge in [0.15, 0.2) is 0 Å². The first-order chi connectivity index (χ1) is 20.4. The Morgan fingerprint density at radius 1 is 1.07 bits per heavy atom. The van der Waals surface area contributed by atoms with Crippen LogP contribution in [0.3, 0.4) is 0 Å². The fraction of sp³-hybridized carbons (Fsp3) is 0.323. The molecule has 3 aromatic carbocycles. The molecule has 228 valence electrons. The van der Waals surface area contributed by atoms with Crippen LogP contribution in [0.2, 0.25) is 0 Å². The van der Waals surface area contributed by atoms with Crippen LogP contribution in [0.15, 0.2) is 71.6 Å². The molecular weight excluding hydrogens is 579 g/mol. The molecule has 0 spiro atoms. The summed E-state index contributed by atoms with van der Waals surface area (Å²) in [6.07, 6.45) is -4.55. The summed E-state index contributed by atoms with van der Waals surface area (Å²) >= 11 is 1.09. The third-order valence-electron chi connectivity index (χ3n) is 7.17. The molecule has 0 aliphatic carbocycles. The van der Waals surface area contributed by atoms with E-state index in [1.165, 1.54) is 18.0 Å². The standard InChI is InChI=1S/C31H34F3N5O3S/c1-18(2)27(35)28(40)38-24-17-43-26-14-22(31(32,33)34)12-13-25(26)39(29(24)41)16-19-8-10-20(11-9-19)23-7-5-4-6-21(23)15-37-30(42)36-3/h4-14,18,24,27H,15-17,35H2,1-3H3,(H,38,40)(H2,36,37,42)/t24-,27?/m1/s1. The average molecular weight is 614 g/mol. The number of urea groups is 1. The van der Waals surface area contributed by atoms with Gasteiger partial charge in [0, 0.05) is 24.2 Å². The van der Waals surface area contributed by atoms with Crippen molar-refractivity contribution in [3.8, 4) is 11.1 Å². The molecule has 1 aliphatic rings. The Bertz CT molecular complexity index is 1480. The number of hydrogen-bond donors (Lipinski definition) is 4. The smallest absolute Gasteiger partial charge is 0.342 e. The average Bonchev–Trinajstić information content (AvgIpc) is 3.11. The van der Waals surface area contributed by atoms with Crippen LogP contribution in [0.25, 0.3) is 11.1 Å². The van der Waals surface area contributed by atoms with Crippen molar-refractivity contribution in [3.63, 3.8) is 0 Å². The number of rotatable bonds is 8. The summed E-state index contributed by atoms with van der Waals surface area (Å²) in [4.78, 5) is 39.9. The maximum Gasteiger partial charge on any atom is 0.416 e. The minimum Gasteiger partial charge on any atom is -0.342 e. The summed E-state index contributed by atoms with van der Waals surface area (Å²) in [5.74, 6) is -1.05. The first kappa shape index (κ1) is 31.9. The molecule has 0 bridgehead atoms. The highest BCUT2D eigenvalue weighted by atomic mass is 32.2. The van der Waals surface area contributed by atoms with E-state index in [9.17, 15) is 27.6 Å². The number of thioether (sulfide) groups is 1. The lowest BCUT2D eigenvalue weighted by Crippen LogP contribution is -2.54. The van der Waals surface area contributed by atoms with Crippen molar-refractivity contribution in [1.82, 2.24) is 16.0 Å². The van der Waals surface area contributed by atoms with Gasteiger partial charge in [-0.3, -0.25) is 9.59 Å². The minimum absolute atomic E-state index is 0.0556. The molecule has 1 aliphatic heterocycles. The Morgan fingerprint density at radius 3 is 2.42 bits per heavy atom. The van der Waals surface area contributed by atoms with E-state index >= 15 is 0 Å². The van der Waals surface area contributed by atoms with E-state index in [-0.39, 0.29) is 24.2 Å². The summed E-state index contributed by atoms with van der Waals surface area (Å²) in [6, 6.07) is 16.3. The van der Waals surface area contributed by atoms with Crippen molar-refractivity contribution in [2.45, 2.75) is 50.1 Å². The molecule has 0 saturated carbocycles. The molecule has 12 heteroatoms. The maximum atomic E-state index is 13.8. The molecule has 0 aromatic heterocycles. The van der Waals surface area contributed by atoms with E-state index in [0.717, 1.165) is 46.1 Å². The van der Waals surface area contributed by atoms with E-state index in [1.807, 2.05) is 48.5 Å². The topological polar surface area (TPSA) is 117 Å². The second kappa shape index (κ2) is 13.5. The fourth-order valence-corrected chi connectivity index (χ4v) is 5.72. The Kier molecular flexibility index (Phi) is 10.0. The van der Waals surface area contributed by atoms with E-state index in [2.05, 4.69) is 16.0 Å². The van der Waals surface area contributed by atoms with E-state index in [4.69, 9.17) is 5.73 Å². The van der Waals surface area contributed by atoms with Gasteiger partial charge < -0.3 is 26.6 Å². The predicted molar refractivity (Wildman–Crippen MR) is 161 cm³/mol. The number of halogens is 3. The highest BCUT2D eigenvalue weighted by Gasteiger charge is 2.36. The quantitative estimate of drug-likeness (QED) is 0.288. The molecule has 5 N–H and O–H groups in total. The zero-order valence-corrected chi connectivity index (χ0v) is 24.8. The third-order valence-corrected chi connectivity index (χ3v) is 8.31. The number of hydrogen-bond acceptors (Lipinski definition) is 5. The lowest BCUT2D eigenvalue weighted by Gasteiger charge is -2.27. The Hall–Kier alpha value is -4.03. The van der Waals surface area contributed by atoms with E-state index < -0.39 is 35.6 Å². The number of carbonyl (C=O) groups excluding carboxylic acids is 3. The van der Waals surface area contributed by atoms with Crippen LogP contribution in [-0.2, 0) is 28.9 Å². The van der Waals surface area contributed by atoms with Gasteiger partial charge in [-0.2, -0.15) is 13.2 Å². The van der Waals surface area contributed by atoms with Crippen LogP contribution in [0, 0.1) is 5.92 Å². The normalized spacial score (nSPS) is 15.9. The summed E-state index contributed by atoms with van der Waals surface area (Å²) in [5, 5.41) is 8.02. The Morgan fingerprint density at radius 2 is 1.77 bits per heavy atom. The first-order valence-corrected chi connectivity index (χ1v) is 14.7. The van der Waals surface area contributed by atoms with Crippen LogP contribution in [-0.4, -0.2) is 42.7 Å². The number of fused-ring (bicyclic) bond motifs is 1. The van der Waals surface area contributed by atoms with Gasteiger partial charge in [-0.25, -0.2) is 4.79 Å². The van der Waals surface area contributed by atoms with Crippen LogP contribution in [0.5, 0.6) is 0 Å². The summed E-state index contributed by atoms with van der Waals surface area (Å²) in [7, 11) is 1.54. The van der Waals surface area contributed by atoms with Crippen molar-refractivity contribution in [2.75, 3.05) is 17.7 Å². The molecule has 8 nitrogen and oxygen atoms in total.